The molecule has 2 aromatic rings. The van der Waals surface area contributed by atoms with E-state index in [9.17, 15) is 4.79 Å². The molecule has 4 nitrogen and oxygen atoms in total. The molecule has 2 rings (SSSR count). The molecule has 0 heterocycles. The summed E-state index contributed by atoms with van der Waals surface area (Å²) in [6.45, 7) is 12.5. The summed E-state index contributed by atoms with van der Waals surface area (Å²) < 4.78 is 0. The van der Waals surface area contributed by atoms with Crippen molar-refractivity contribution in [1.29, 1.82) is 0 Å². The first-order valence-electron chi connectivity index (χ1n) is 8.75. The summed E-state index contributed by atoms with van der Waals surface area (Å²) in [5, 5.41) is 6.28. The number of carbonyl (C=O) groups excluding carboxylic acids is 1. The van der Waals surface area contributed by atoms with Gasteiger partial charge in [-0.05, 0) is 80.1 Å². The lowest BCUT2D eigenvalue weighted by Crippen LogP contribution is -2.29. The molecule has 0 saturated carbocycles. The fraction of sp³-hybridized carbons (Fsp3) is 0.381. The highest BCUT2D eigenvalue weighted by Crippen LogP contribution is 2.27. The van der Waals surface area contributed by atoms with E-state index in [0.29, 0.717) is 25.2 Å². The van der Waals surface area contributed by atoms with E-state index in [-0.39, 0.29) is 5.91 Å². The molecule has 0 aliphatic heterocycles. The predicted molar refractivity (Wildman–Crippen MR) is 105 cm³/mol. The summed E-state index contributed by atoms with van der Waals surface area (Å²) >= 11 is 0. The first-order valence-corrected chi connectivity index (χ1v) is 8.75. The van der Waals surface area contributed by atoms with E-state index in [1.165, 1.54) is 33.4 Å². The van der Waals surface area contributed by atoms with E-state index >= 15 is 0 Å². The van der Waals surface area contributed by atoms with Gasteiger partial charge in [0.25, 0.3) is 5.91 Å². The Morgan fingerprint density at radius 3 is 2.08 bits per heavy atom. The molecule has 0 aliphatic carbocycles. The highest BCUT2D eigenvalue weighted by molar-refractivity contribution is 5.99. The predicted octanol–water partition coefficient (Wildman–Crippen LogP) is 3.53. The lowest BCUT2D eigenvalue weighted by atomic mass is 9.89. The van der Waals surface area contributed by atoms with E-state index in [1.807, 2.05) is 24.3 Å². The van der Waals surface area contributed by atoms with Crippen molar-refractivity contribution >= 4 is 11.6 Å². The molecule has 0 atom stereocenters. The zero-order valence-electron chi connectivity index (χ0n) is 15.9. The zero-order chi connectivity index (χ0) is 18.6. The number of benzene rings is 2. The third-order valence-electron chi connectivity index (χ3n) is 5.21. The maximum Gasteiger partial charge on any atom is 0.253 e. The SMILES string of the molecule is Cc1c(C)c(C)c(CNc2ccccc2C(=O)NCCN)c(C)c1C. The van der Waals surface area contributed by atoms with Gasteiger partial charge in [0.2, 0.25) is 0 Å². The van der Waals surface area contributed by atoms with E-state index < -0.39 is 0 Å². The second-order valence-electron chi connectivity index (χ2n) is 6.55. The standard InChI is InChI=1S/C21H29N3O/c1-13-14(2)16(4)19(17(5)15(13)3)12-24-20-9-7-6-8-18(20)21(25)23-11-10-22/h6-9,24H,10-12,22H2,1-5H3,(H,23,25). The fourth-order valence-corrected chi connectivity index (χ4v) is 3.14. The lowest BCUT2D eigenvalue weighted by Gasteiger charge is -2.20. The molecular formula is C21H29N3O. The van der Waals surface area contributed by atoms with Crippen molar-refractivity contribution in [2.24, 2.45) is 5.73 Å². The van der Waals surface area contributed by atoms with E-state index in [1.54, 1.807) is 0 Å². The molecule has 0 spiro atoms. The first-order chi connectivity index (χ1) is 11.9. The van der Waals surface area contributed by atoms with Crippen LogP contribution in [-0.4, -0.2) is 19.0 Å². The van der Waals surface area contributed by atoms with Crippen molar-refractivity contribution < 1.29 is 4.79 Å². The number of para-hydroxylation sites is 1. The molecule has 0 bridgehead atoms. The molecule has 4 heteroatoms. The third-order valence-corrected chi connectivity index (χ3v) is 5.21. The van der Waals surface area contributed by atoms with Gasteiger partial charge in [-0.3, -0.25) is 4.79 Å². The van der Waals surface area contributed by atoms with E-state index in [0.717, 1.165) is 5.69 Å². The summed E-state index contributed by atoms with van der Waals surface area (Å²) in [5.74, 6) is -0.0988. The van der Waals surface area contributed by atoms with E-state index in [2.05, 4.69) is 45.3 Å². The van der Waals surface area contributed by atoms with E-state index in [4.69, 9.17) is 5.73 Å². The molecule has 0 unspecified atom stereocenters. The smallest absolute Gasteiger partial charge is 0.253 e. The van der Waals surface area contributed by atoms with Crippen molar-refractivity contribution in [2.45, 2.75) is 41.2 Å². The summed E-state index contributed by atoms with van der Waals surface area (Å²) in [4.78, 5) is 12.3. The minimum Gasteiger partial charge on any atom is -0.380 e. The Bertz CT molecular complexity index is 752. The molecular weight excluding hydrogens is 310 g/mol. The summed E-state index contributed by atoms with van der Waals surface area (Å²) in [6, 6.07) is 7.59. The number of hydrogen-bond acceptors (Lipinski definition) is 3. The van der Waals surface area contributed by atoms with Crippen LogP contribution in [-0.2, 0) is 6.54 Å². The Hall–Kier alpha value is -2.33. The maximum absolute atomic E-state index is 12.3. The van der Waals surface area contributed by atoms with Crippen molar-refractivity contribution in [3.8, 4) is 0 Å². The minimum atomic E-state index is -0.0988. The Kier molecular flexibility index (Phi) is 6.21. The second-order valence-corrected chi connectivity index (χ2v) is 6.55. The summed E-state index contributed by atoms with van der Waals surface area (Å²) in [7, 11) is 0. The van der Waals surface area contributed by atoms with Crippen molar-refractivity contribution in [1.82, 2.24) is 5.32 Å². The van der Waals surface area contributed by atoms with Gasteiger partial charge < -0.3 is 16.4 Å². The molecule has 0 aliphatic rings. The first kappa shape index (κ1) is 19.0. The van der Waals surface area contributed by atoms with Gasteiger partial charge >= 0.3 is 0 Å². The van der Waals surface area contributed by atoms with Crippen LogP contribution in [0.1, 0.15) is 43.7 Å². The van der Waals surface area contributed by atoms with Gasteiger partial charge in [0, 0.05) is 25.3 Å². The third kappa shape index (κ3) is 4.02. The number of amides is 1. The Balaban J connectivity index is 2.28. The van der Waals surface area contributed by atoms with Crippen LogP contribution in [0.4, 0.5) is 5.69 Å². The summed E-state index contributed by atoms with van der Waals surface area (Å²) in [5.41, 5.74) is 14.9. The van der Waals surface area contributed by atoms with Crippen molar-refractivity contribution in [2.75, 3.05) is 18.4 Å². The number of anilines is 1. The number of hydrogen-bond donors (Lipinski definition) is 3. The topological polar surface area (TPSA) is 67.2 Å². The largest absolute Gasteiger partial charge is 0.380 e. The lowest BCUT2D eigenvalue weighted by molar-refractivity contribution is 0.0955. The monoisotopic (exact) mass is 339 g/mol. The highest BCUT2D eigenvalue weighted by atomic mass is 16.1. The summed E-state index contributed by atoms with van der Waals surface area (Å²) in [6.07, 6.45) is 0. The molecule has 2 aromatic carbocycles. The van der Waals surface area contributed by atoms with Crippen LogP contribution < -0.4 is 16.4 Å². The second kappa shape index (κ2) is 8.17. The van der Waals surface area contributed by atoms with Gasteiger partial charge in [-0.15, -0.1) is 0 Å². The van der Waals surface area contributed by atoms with Crippen LogP contribution in [0.25, 0.3) is 0 Å². The average Bonchev–Trinajstić information content (AvgIpc) is 2.63. The Labute approximate surface area is 150 Å². The van der Waals surface area contributed by atoms with Crippen LogP contribution in [0.2, 0.25) is 0 Å². The average molecular weight is 339 g/mol. The van der Waals surface area contributed by atoms with Crippen LogP contribution >= 0.6 is 0 Å². The van der Waals surface area contributed by atoms with Gasteiger partial charge in [-0.1, -0.05) is 12.1 Å². The van der Waals surface area contributed by atoms with Crippen molar-refractivity contribution in [3.05, 3.63) is 63.2 Å². The van der Waals surface area contributed by atoms with Crippen LogP contribution in [0.5, 0.6) is 0 Å². The number of carbonyl (C=O) groups is 1. The number of rotatable bonds is 6. The van der Waals surface area contributed by atoms with Crippen LogP contribution in [0, 0.1) is 34.6 Å². The van der Waals surface area contributed by atoms with Crippen LogP contribution in [0.15, 0.2) is 24.3 Å². The van der Waals surface area contributed by atoms with Gasteiger partial charge in [-0.2, -0.15) is 0 Å². The molecule has 0 aromatic heterocycles. The molecule has 4 N–H and O–H groups in total. The molecule has 1 amide bonds. The van der Waals surface area contributed by atoms with Gasteiger partial charge in [0.05, 0.1) is 5.56 Å². The minimum absolute atomic E-state index is 0.0988. The molecule has 0 fully saturated rings. The normalized spacial score (nSPS) is 10.6. The number of nitrogens with two attached hydrogens (primary N) is 1. The quantitative estimate of drug-likeness (QED) is 0.754. The molecule has 0 saturated heterocycles. The van der Waals surface area contributed by atoms with Gasteiger partial charge in [0.15, 0.2) is 0 Å². The van der Waals surface area contributed by atoms with Crippen molar-refractivity contribution in [3.63, 3.8) is 0 Å². The Morgan fingerprint density at radius 1 is 0.920 bits per heavy atom. The highest BCUT2D eigenvalue weighted by Gasteiger charge is 2.14. The maximum atomic E-state index is 12.3. The zero-order valence-corrected chi connectivity index (χ0v) is 15.9. The molecule has 25 heavy (non-hydrogen) atoms. The molecule has 0 radical (unpaired) electrons. The van der Waals surface area contributed by atoms with Gasteiger partial charge in [-0.25, -0.2) is 0 Å². The van der Waals surface area contributed by atoms with Crippen LogP contribution in [0.3, 0.4) is 0 Å². The van der Waals surface area contributed by atoms with Gasteiger partial charge in [0.1, 0.15) is 0 Å². The molecule has 134 valence electrons. The fourth-order valence-electron chi connectivity index (χ4n) is 3.14. The number of nitrogens with one attached hydrogen (secondary N) is 2. The Morgan fingerprint density at radius 2 is 1.48 bits per heavy atom.